The maximum atomic E-state index is 14.2. The molecule has 5 heterocycles. The summed E-state index contributed by atoms with van der Waals surface area (Å²) in [5.41, 5.74) is 7.26. The Balaban J connectivity index is 1.47. The number of nitrogens with one attached hydrogen (secondary N) is 2. The van der Waals surface area contributed by atoms with Gasteiger partial charge in [0.05, 0.1) is 30.4 Å². The molecule has 0 spiro atoms. The van der Waals surface area contributed by atoms with Crippen molar-refractivity contribution in [2.45, 2.75) is 0 Å². The molecule has 0 fully saturated rings. The van der Waals surface area contributed by atoms with E-state index in [0.29, 0.717) is 22.7 Å². The van der Waals surface area contributed by atoms with Crippen molar-refractivity contribution < 1.29 is 9.13 Å². The molecule has 0 bridgehead atoms. The van der Waals surface area contributed by atoms with E-state index in [4.69, 9.17) is 4.74 Å². The molecule has 0 aliphatic heterocycles. The average molecular weight is 480 g/mol. The van der Waals surface area contributed by atoms with Gasteiger partial charge in [0.1, 0.15) is 17.3 Å². The van der Waals surface area contributed by atoms with Crippen molar-refractivity contribution in [2.75, 3.05) is 26.1 Å². The summed E-state index contributed by atoms with van der Waals surface area (Å²) < 4.78 is 19.5. The van der Waals surface area contributed by atoms with E-state index in [-0.39, 0.29) is 5.82 Å². The van der Waals surface area contributed by atoms with Crippen LogP contribution >= 0.6 is 0 Å². The van der Waals surface area contributed by atoms with Crippen LogP contribution in [-0.4, -0.2) is 51.3 Å². The van der Waals surface area contributed by atoms with E-state index in [1.54, 1.807) is 12.3 Å². The molecule has 0 aliphatic rings. The molecule has 0 saturated carbocycles. The van der Waals surface area contributed by atoms with Gasteiger partial charge in [0.2, 0.25) is 0 Å². The van der Waals surface area contributed by atoms with Crippen molar-refractivity contribution in [1.29, 1.82) is 0 Å². The summed E-state index contributed by atoms with van der Waals surface area (Å²) in [5, 5.41) is 9.29. The normalized spacial score (nSPS) is 11.3. The van der Waals surface area contributed by atoms with Crippen LogP contribution in [-0.2, 0) is 0 Å². The first-order valence-corrected chi connectivity index (χ1v) is 11.3. The molecule has 0 amide bonds. The lowest BCUT2D eigenvalue weighted by molar-refractivity contribution is 0.411. The van der Waals surface area contributed by atoms with Crippen LogP contribution in [0, 0.1) is 5.82 Å². The zero-order valence-corrected chi connectivity index (χ0v) is 19.9. The summed E-state index contributed by atoms with van der Waals surface area (Å²) in [6.45, 7) is 0. The second-order valence-corrected chi connectivity index (χ2v) is 8.70. The molecule has 36 heavy (non-hydrogen) atoms. The third-order valence-corrected chi connectivity index (χ3v) is 6.17. The molecule has 1 aromatic carbocycles. The summed E-state index contributed by atoms with van der Waals surface area (Å²) >= 11 is 0. The number of fused-ring (bicyclic) bond motifs is 2. The van der Waals surface area contributed by atoms with Crippen LogP contribution in [0.25, 0.3) is 55.7 Å². The van der Waals surface area contributed by atoms with Gasteiger partial charge < -0.3 is 14.6 Å². The number of ether oxygens (including phenoxy) is 1. The number of benzene rings is 1. The fourth-order valence-corrected chi connectivity index (χ4v) is 4.33. The molecule has 5 aromatic heterocycles. The number of methoxy groups -OCH3 is 1. The van der Waals surface area contributed by atoms with Gasteiger partial charge in [-0.15, -0.1) is 0 Å². The summed E-state index contributed by atoms with van der Waals surface area (Å²) in [5.74, 6) is 0.0490. The molecule has 0 unspecified atom stereocenters. The third-order valence-electron chi connectivity index (χ3n) is 6.17. The topological polar surface area (TPSA) is 95.6 Å². The second kappa shape index (κ2) is 8.46. The van der Waals surface area contributed by atoms with Crippen LogP contribution in [0.3, 0.4) is 0 Å². The van der Waals surface area contributed by atoms with Gasteiger partial charge in [-0.25, -0.2) is 9.37 Å². The lowest BCUT2D eigenvalue weighted by Crippen LogP contribution is -2.08. The zero-order valence-electron chi connectivity index (χ0n) is 19.9. The number of hydrogen-bond donors (Lipinski definition) is 2. The molecule has 9 heteroatoms. The number of hydrogen-bond acceptors (Lipinski definition) is 6. The Hall–Kier alpha value is -4.79. The average Bonchev–Trinajstić information content (AvgIpc) is 3.51. The molecule has 0 atom stereocenters. The second-order valence-electron chi connectivity index (χ2n) is 8.70. The largest absolute Gasteiger partial charge is 0.497 e. The highest BCUT2D eigenvalue weighted by Gasteiger charge is 2.16. The molecule has 0 saturated heterocycles. The summed E-state index contributed by atoms with van der Waals surface area (Å²) in [4.78, 5) is 18.9. The monoisotopic (exact) mass is 479 g/mol. The van der Waals surface area contributed by atoms with Crippen molar-refractivity contribution in [1.82, 2.24) is 30.1 Å². The van der Waals surface area contributed by atoms with E-state index in [2.05, 4.69) is 42.3 Å². The van der Waals surface area contributed by atoms with Crippen molar-refractivity contribution in [3.63, 3.8) is 0 Å². The van der Waals surface area contributed by atoms with Crippen LogP contribution in [0.2, 0.25) is 0 Å². The highest BCUT2D eigenvalue weighted by molar-refractivity contribution is 6.00. The fourth-order valence-electron chi connectivity index (χ4n) is 4.33. The third kappa shape index (κ3) is 3.70. The van der Waals surface area contributed by atoms with Crippen molar-refractivity contribution >= 4 is 27.6 Å². The van der Waals surface area contributed by atoms with Gasteiger partial charge >= 0.3 is 0 Å². The summed E-state index contributed by atoms with van der Waals surface area (Å²) in [6.07, 6.45) is 7.15. The number of H-pyrrole nitrogens is 2. The van der Waals surface area contributed by atoms with Crippen LogP contribution in [0.4, 0.5) is 10.1 Å². The number of halogens is 1. The van der Waals surface area contributed by atoms with Gasteiger partial charge in [-0.3, -0.25) is 15.1 Å². The van der Waals surface area contributed by atoms with Gasteiger partial charge in [-0.2, -0.15) is 5.10 Å². The van der Waals surface area contributed by atoms with Crippen molar-refractivity contribution in [3.05, 3.63) is 73.1 Å². The van der Waals surface area contributed by atoms with Crippen molar-refractivity contribution in [3.8, 4) is 39.5 Å². The Morgan fingerprint density at radius 3 is 2.56 bits per heavy atom. The van der Waals surface area contributed by atoms with Gasteiger partial charge in [0.15, 0.2) is 5.65 Å². The minimum absolute atomic E-state index is 0.386. The number of aromatic nitrogens is 6. The standard InChI is InChI=1S/C27H22FN7O/c1-35(2)19-7-16(12-29-14-19)17-9-22-26(33-34-27(22)31-13-17)24-11-21-23(32-24)4-5-30-25(21)15-6-18(28)10-20(8-15)36-3/h4-14,32H,1-3H3,(H,31,33,34). The molecular weight excluding hydrogens is 457 g/mol. The van der Waals surface area contributed by atoms with E-state index in [0.717, 1.165) is 44.5 Å². The van der Waals surface area contributed by atoms with Crippen LogP contribution in [0.1, 0.15) is 0 Å². The molecule has 0 aliphatic carbocycles. The van der Waals surface area contributed by atoms with E-state index in [1.807, 2.05) is 49.7 Å². The van der Waals surface area contributed by atoms with E-state index >= 15 is 0 Å². The minimum atomic E-state index is -0.386. The lowest BCUT2D eigenvalue weighted by atomic mass is 10.1. The van der Waals surface area contributed by atoms with Gasteiger partial charge in [-0.05, 0) is 36.4 Å². The van der Waals surface area contributed by atoms with E-state index in [1.165, 1.54) is 19.2 Å². The van der Waals surface area contributed by atoms with E-state index < -0.39 is 0 Å². The maximum absolute atomic E-state index is 14.2. The Kier molecular flexibility index (Phi) is 5.10. The highest BCUT2D eigenvalue weighted by atomic mass is 19.1. The lowest BCUT2D eigenvalue weighted by Gasteiger charge is -2.12. The van der Waals surface area contributed by atoms with Crippen molar-refractivity contribution in [2.24, 2.45) is 0 Å². The fraction of sp³-hybridized carbons (Fsp3) is 0.111. The Bertz CT molecular complexity index is 1740. The zero-order chi connectivity index (χ0) is 24.8. The predicted molar refractivity (Wildman–Crippen MR) is 138 cm³/mol. The SMILES string of the molecule is COc1cc(F)cc(-c2nccc3[nH]c(-c4n[nH]c5ncc(-c6cncc(N(C)C)c6)cc45)cc23)c1. The Morgan fingerprint density at radius 1 is 0.861 bits per heavy atom. The van der Waals surface area contributed by atoms with Gasteiger partial charge in [0.25, 0.3) is 0 Å². The molecule has 0 radical (unpaired) electrons. The number of pyridine rings is 3. The molecule has 6 aromatic rings. The predicted octanol–water partition coefficient (Wildman–Crippen LogP) is 5.44. The first-order valence-electron chi connectivity index (χ1n) is 11.3. The van der Waals surface area contributed by atoms with Crippen LogP contribution in [0.15, 0.2) is 67.3 Å². The summed E-state index contributed by atoms with van der Waals surface area (Å²) in [7, 11) is 5.48. The van der Waals surface area contributed by atoms with Crippen LogP contribution < -0.4 is 9.64 Å². The molecule has 178 valence electrons. The van der Waals surface area contributed by atoms with Gasteiger partial charge in [0, 0.05) is 71.7 Å². The Labute approximate surface area is 205 Å². The highest BCUT2D eigenvalue weighted by Crippen LogP contribution is 2.35. The van der Waals surface area contributed by atoms with Gasteiger partial charge in [-0.1, -0.05) is 0 Å². The first kappa shape index (κ1) is 21.7. The molecular formula is C27H22FN7O. The number of anilines is 1. The smallest absolute Gasteiger partial charge is 0.155 e. The maximum Gasteiger partial charge on any atom is 0.155 e. The minimum Gasteiger partial charge on any atom is -0.497 e. The molecule has 6 rings (SSSR count). The molecule has 8 nitrogen and oxygen atoms in total. The Morgan fingerprint density at radius 2 is 1.72 bits per heavy atom. The number of aromatic amines is 2. The van der Waals surface area contributed by atoms with Crippen LogP contribution in [0.5, 0.6) is 5.75 Å². The van der Waals surface area contributed by atoms with E-state index in [9.17, 15) is 4.39 Å². The quantitative estimate of drug-likeness (QED) is 0.342. The summed E-state index contributed by atoms with van der Waals surface area (Å²) in [6, 6.07) is 12.6. The molecule has 2 N–H and O–H groups in total. The number of nitrogens with zero attached hydrogens (tertiary/aromatic N) is 5. The number of rotatable bonds is 5. The first-order chi connectivity index (χ1) is 17.5.